The van der Waals surface area contributed by atoms with Crippen LogP contribution >= 0.6 is 0 Å². The molecule has 8 heteroatoms. The summed E-state index contributed by atoms with van der Waals surface area (Å²) in [5.41, 5.74) is 1.18. The maximum atomic E-state index is 5.37. The van der Waals surface area contributed by atoms with Crippen LogP contribution in [0.3, 0.4) is 0 Å². The molecule has 2 aromatic rings. The fourth-order valence-corrected chi connectivity index (χ4v) is 1.98. The molecule has 2 aromatic heterocycles. The van der Waals surface area contributed by atoms with E-state index in [9.17, 15) is 0 Å². The molecule has 0 aliphatic carbocycles. The molecule has 2 heterocycles. The van der Waals surface area contributed by atoms with Gasteiger partial charge in [-0.15, -0.1) is 0 Å². The minimum absolute atomic E-state index is 0.481. The van der Waals surface area contributed by atoms with Gasteiger partial charge in [0.15, 0.2) is 11.6 Å². The van der Waals surface area contributed by atoms with Gasteiger partial charge in [0.1, 0.15) is 11.0 Å². The largest absolute Gasteiger partial charge is 0.371 e. The maximum absolute atomic E-state index is 5.37. The molecule has 0 saturated heterocycles. The summed E-state index contributed by atoms with van der Waals surface area (Å²) < 4.78 is 0. The Kier molecular flexibility index (Phi) is 5.74. The van der Waals surface area contributed by atoms with Crippen molar-refractivity contribution in [2.24, 2.45) is 0 Å². The average molecular weight is 314 g/mol. The third-order valence-corrected chi connectivity index (χ3v) is 3.04. The Morgan fingerprint density at radius 2 is 1.39 bits per heavy atom. The van der Waals surface area contributed by atoms with Crippen LogP contribution in [0.15, 0.2) is 0 Å². The fraction of sp³-hybridized carbons (Fsp3) is 0.467. The summed E-state index contributed by atoms with van der Waals surface area (Å²) in [5, 5.41) is 12.2. The topological polar surface area (TPSA) is 99.7 Å². The Balaban J connectivity index is 2.57. The van der Waals surface area contributed by atoms with E-state index in [0.29, 0.717) is 34.6 Å². The van der Waals surface area contributed by atoms with Gasteiger partial charge in [-0.05, 0) is 12.8 Å². The molecule has 4 N–H and O–H groups in total. The predicted octanol–water partition coefficient (Wildman–Crippen LogP) is 2.11. The summed E-state index contributed by atoms with van der Waals surface area (Å²) in [6, 6.07) is 2.39. The number of nitrogens with zero attached hydrogens (tertiary/aromatic N) is 4. The molecular formula is C15H22N8. The number of hydrogen-bond donors (Lipinski definition) is 4. The van der Waals surface area contributed by atoms with E-state index >= 15 is 0 Å². The van der Waals surface area contributed by atoms with Gasteiger partial charge in [-0.3, -0.25) is 5.32 Å². The lowest BCUT2D eigenvalue weighted by atomic mass is 10.3. The predicted molar refractivity (Wildman–Crippen MR) is 94.7 cm³/mol. The monoisotopic (exact) mass is 314 g/mol. The SMILES string of the molecule is C#CNc1nc(NCCC)nc2c(NC)nc(NCCC)nc12. The number of fused-ring (bicyclic) bond motifs is 1. The molecule has 0 bridgehead atoms. The second-order valence-electron chi connectivity index (χ2n) is 4.86. The van der Waals surface area contributed by atoms with Crippen molar-refractivity contribution in [2.75, 3.05) is 41.4 Å². The van der Waals surface area contributed by atoms with Crippen molar-refractivity contribution >= 4 is 34.6 Å². The van der Waals surface area contributed by atoms with Gasteiger partial charge < -0.3 is 16.0 Å². The zero-order valence-electron chi connectivity index (χ0n) is 13.7. The summed E-state index contributed by atoms with van der Waals surface area (Å²) in [7, 11) is 1.79. The zero-order chi connectivity index (χ0) is 16.7. The van der Waals surface area contributed by atoms with E-state index in [1.807, 2.05) is 0 Å². The highest BCUT2D eigenvalue weighted by atomic mass is 15.2. The normalized spacial score (nSPS) is 10.2. The Labute approximate surface area is 135 Å². The fourth-order valence-electron chi connectivity index (χ4n) is 1.98. The molecule has 0 unspecified atom stereocenters. The lowest BCUT2D eigenvalue weighted by Crippen LogP contribution is -2.11. The third kappa shape index (κ3) is 3.88. The van der Waals surface area contributed by atoms with E-state index in [1.165, 1.54) is 0 Å². The Bertz CT molecular complexity index is 707. The van der Waals surface area contributed by atoms with Crippen molar-refractivity contribution in [2.45, 2.75) is 26.7 Å². The van der Waals surface area contributed by atoms with Gasteiger partial charge >= 0.3 is 0 Å². The van der Waals surface area contributed by atoms with Crippen molar-refractivity contribution in [3.8, 4) is 12.5 Å². The molecule has 0 radical (unpaired) electrons. The first kappa shape index (κ1) is 16.5. The van der Waals surface area contributed by atoms with Crippen molar-refractivity contribution in [3.05, 3.63) is 0 Å². The molecule has 0 fully saturated rings. The van der Waals surface area contributed by atoms with Crippen molar-refractivity contribution in [1.82, 2.24) is 19.9 Å². The van der Waals surface area contributed by atoms with E-state index in [0.717, 1.165) is 25.9 Å². The Morgan fingerprint density at radius 3 is 1.87 bits per heavy atom. The van der Waals surface area contributed by atoms with E-state index in [4.69, 9.17) is 6.42 Å². The number of rotatable bonds is 8. The summed E-state index contributed by atoms with van der Waals surface area (Å²) >= 11 is 0. The molecule has 0 spiro atoms. The molecule has 23 heavy (non-hydrogen) atoms. The van der Waals surface area contributed by atoms with Gasteiger partial charge in [0.2, 0.25) is 11.9 Å². The molecule has 0 aliphatic rings. The van der Waals surface area contributed by atoms with Crippen molar-refractivity contribution in [3.63, 3.8) is 0 Å². The summed E-state index contributed by atoms with van der Waals surface area (Å²) in [5.74, 6) is 2.11. The van der Waals surface area contributed by atoms with E-state index in [-0.39, 0.29) is 0 Å². The van der Waals surface area contributed by atoms with E-state index < -0.39 is 0 Å². The average Bonchev–Trinajstić information content (AvgIpc) is 2.58. The van der Waals surface area contributed by atoms with Gasteiger partial charge in [0.05, 0.1) is 0 Å². The van der Waals surface area contributed by atoms with Crippen molar-refractivity contribution in [1.29, 1.82) is 0 Å². The number of aromatic nitrogens is 4. The Morgan fingerprint density at radius 1 is 0.870 bits per heavy atom. The van der Waals surface area contributed by atoms with Crippen molar-refractivity contribution < 1.29 is 0 Å². The molecule has 122 valence electrons. The summed E-state index contributed by atoms with van der Waals surface area (Å²) in [6.45, 7) is 5.70. The standard InChI is InChI=1S/C15H22N8/c1-5-8-18-14-21-11-10(12(16-4)22-14)20-15(19-9-6-2)23-13(11)17-7-3/h3H,5-6,8-9H2,1-2,4H3,(H2,16,18,21,22)(H2,17,19,20,23). The van der Waals surface area contributed by atoms with Gasteiger partial charge in [-0.25, -0.2) is 9.97 Å². The van der Waals surface area contributed by atoms with Crippen LogP contribution < -0.4 is 21.3 Å². The molecule has 0 atom stereocenters. The maximum Gasteiger partial charge on any atom is 0.225 e. The van der Waals surface area contributed by atoms with Crippen LogP contribution in [0.2, 0.25) is 0 Å². The smallest absolute Gasteiger partial charge is 0.225 e. The lowest BCUT2D eigenvalue weighted by molar-refractivity contribution is 0.950. The molecule has 2 rings (SSSR count). The first-order chi connectivity index (χ1) is 11.2. The number of nitrogens with one attached hydrogen (secondary N) is 4. The first-order valence-electron chi connectivity index (χ1n) is 7.70. The lowest BCUT2D eigenvalue weighted by Gasteiger charge is -2.12. The second-order valence-corrected chi connectivity index (χ2v) is 4.86. The van der Waals surface area contributed by atoms with E-state index in [2.05, 4.69) is 61.1 Å². The van der Waals surface area contributed by atoms with Gasteiger partial charge in [-0.2, -0.15) is 9.97 Å². The quantitative estimate of drug-likeness (QED) is 0.434. The summed E-state index contributed by atoms with van der Waals surface area (Å²) in [4.78, 5) is 17.8. The minimum Gasteiger partial charge on any atom is -0.371 e. The van der Waals surface area contributed by atoms with Crippen LogP contribution in [-0.2, 0) is 0 Å². The highest BCUT2D eigenvalue weighted by Gasteiger charge is 2.15. The van der Waals surface area contributed by atoms with Crippen LogP contribution in [0.1, 0.15) is 26.7 Å². The van der Waals surface area contributed by atoms with Crippen LogP contribution in [0.5, 0.6) is 0 Å². The van der Waals surface area contributed by atoms with Gasteiger partial charge in [0.25, 0.3) is 0 Å². The van der Waals surface area contributed by atoms with Gasteiger partial charge in [-0.1, -0.05) is 20.3 Å². The molecular weight excluding hydrogens is 292 g/mol. The van der Waals surface area contributed by atoms with Crippen LogP contribution in [0.4, 0.5) is 23.5 Å². The molecule has 0 aliphatic heterocycles. The third-order valence-electron chi connectivity index (χ3n) is 3.04. The Hall–Kier alpha value is -2.82. The number of anilines is 4. The number of terminal acetylenes is 1. The van der Waals surface area contributed by atoms with Crippen LogP contribution in [-0.4, -0.2) is 40.1 Å². The first-order valence-corrected chi connectivity index (χ1v) is 7.70. The van der Waals surface area contributed by atoms with E-state index in [1.54, 1.807) is 7.05 Å². The summed E-state index contributed by atoms with van der Waals surface area (Å²) in [6.07, 6.45) is 7.32. The molecule has 0 saturated carbocycles. The second kappa shape index (κ2) is 7.98. The van der Waals surface area contributed by atoms with Crippen LogP contribution in [0, 0.1) is 12.5 Å². The molecule has 0 aromatic carbocycles. The minimum atomic E-state index is 0.481. The van der Waals surface area contributed by atoms with Gasteiger partial charge in [0, 0.05) is 26.2 Å². The molecule has 8 nitrogen and oxygen atoms in total. The zero-order valence-corrected chi connectivity index (χ0v) is 13.7. The highest BCUT2D eigenvalue weighted by molar-refractivity contribution is 5.94. The molecule has 0 amide bonds. The highest BCUT2D eigenvalue weighted by Crippen LogP contribution is 2.26. The van der Waals surface area contributed by atoms with Crippen LogP contribution in [0.25, 0.3) is 11.0 Å². The number of hydrogen-bond acceptors (Lipinski definition) is 8.